The molecule has 1 aliphatic heterocycles. The first-order valence-corrected chi connectivity index (χ1v) is 6.58. The van der Waals surface area contributed by atoms with E-state index in [1.165, 1.54) is 5.56 Å². The molecule has 1 unspecified atom stereocenters. The monoisotopic (exact) mass is 249 g/mol. The Morgan fingerprint density at radius 2 is 2.11 bits per heavy atom. The fourth-order valence-electron chi connectivity index (χ4n) is 2.30. The van der Waals surface area contributed by atoms with E-state index >= 15 is 0 Å². The highest BCUT2D eigenvalue weighted by Crippen LogP contribution is 2.34. The highest BCUT2D eigenvalue weighted by atomic mass is 16.5. The van der Waals surface area contributed by atoms with Crippen molar-refractivity contribution in [1.82, 2.24) is 4.90 Å². The lowest BCUT2D eigenvalue weighted by Crippen LogP contribution is -2.46. The van der Waals surface area contributed by atoms with Gasteiger partial charge in [0.05, 0.1) is 13.2 Å². The smallest absolute Gasteiger partial charge is 0.122 e. The molecule has 1 aromatic carbocycles. The summed E-state index contributed by atoms with van der Waals surface area (Å²) in [5.41, 5.74) is 1.12. The van der Waals surface area contributed by atoms with E-state index < -0.39 is 0 Å². The number of rotatable bonds is 4. The third-order valence-electron chi connectivity index (χ3n) is 4.00. The molecule has 2 rings (SSSR count). The van der Waals surface area contributed by atoms with Gasteiger partial charge in [0.15, 0.2) is 0 Å². The largest absolute Gasteiger partial charge is 0.493 e. The summed E-state index contributed by atoms with van der Waals surface area (Å²) < 4.78 is 5.68. The number of hydrogen-bond acceptors (Lipinski definition) is 3. The average molecular weight is 249 g/mol. The second-order valence-corrected chi connectivity index (χ2v) is 5.72. The first kappa shape index (κ1) is 13.4. The molecule has 0 bridgehead atoms. The van der Waals surface area contributed by atoms with Crippen LogP contribution in [0.15, 0.2) is 24.3 Å². The molecule has 1 aromatic rings. The van der Waals surface area contributed by atoms with Crippen molar-refractivity contribution < 1.29 is 9.84 Å². The molecule has 0 aliphatic carbocycles. The van der Waals surface area contributed by atoms with Crippen LogP contribution >= 0.6 is 0 Å². The van der Waals surface area contributed by atoms with Gasteiger partial charge in [0.2, 0.25) is 0 Å². The second-order valence-electron chi connectivity index (χ2n) is 5.72. The lowest BCUT2D eigenvalue weighted by atomic mass is 9.91. The second kappa shape index (κ2) is 5.29. The van der Waals surface area contributed by atoms with Crippen LogP contribution in [0.3, 0.4) is 0 Å². The topological polar surface area (TPSA) is 32.7 Å². The summed E-state index contributed by atoms with van der Waals surface area (Å²) in [4.78, 5) is 2.24. The van der Waals surface area contributed by atoms with Crippen molar-refractivity contribution in [3.8, 4) is 5.75 Å². The Hall–Kier alpha value is -1.06. The molecule has 0 saturated carbocycles. The fraction of sp³-hybridized carbons (Fsp3) is 0.600. The highest BCUT2D eigenvalue weighted by Gasteiger charge is 2.28. The molecule has 0 aromatic heterocycles. The van der Waals surface area contributed by atoms with Crippen LogP contribution in [0.25, 0.3) is 0 Å². The number of likely N-dealkylation sites (N-methyl/N-ethyl adjacent to an activating group) is 1. The number of ether oxygens (including phenoxy) is 1. The van der Waals surface area contributed by atoms with Crippen LogP contribution in [0.1, 0.15) is 31.7 Å². The number of aliphatic hydroxyl groups is 1. The lowest BCUT2D eigenvalue weighted by molar-refractivity contribution is 0.0697. The summed E-state index contributed by atoms with van der Waals surface area (Å²) in [6.45, 7) is 6.05. The Morgan fingerprint density at radius 1 is 1.39 bits per heavy atom. The summed E-state index contributed by atoms with van der Waals surface area (Å²) in [5.74, 6) is 1.51. The number of fused-ring (bicyclic) bond motifs is 1. The maximum Gasteiger partial charge on any atom is 0.122 e. The van der Waals surface area contributed by atoms with Gasteiger partial charge in [0.1, 0.15) is 5.75 Å². The third kappa shape index (κ3) is 2.68. The van der Waals surface area contributed by atoms with Gasteiger partial charge in [-0.25, -0.2) is 0 Å². The molecule has 3 nitrogen and oxygen atoms in total. The molecule has 100 valence electrons. The number of aliphatic hydroxyl groups excluding tert-OH is 1. The molecule has 18 heavy (non-hydrogen) atoms. The number of nitrogens with zero attached hydrogens (tertiary/aromatic N) is 1. The van der Waals surface area contributed by atoms with Crippen LogP contribution in [0.4, 0.5) is 0 Å². The predicted molar refractivity (Wildman–Crippen MR) is 73.1 cm³/mol. The Bertz CT molecular complexity index is 403. The quantitative estimate of drug-likeness (QED) is 0.888. The molecule has 3 heteroatoms. The van der Waals surface area contributed by atoms with Crippen LogP contribution in [0, 0.1) is 0 Å². The number of para-hydroxylation sites is 1. The third-order valence-corrected chi connectivity index (χ3v) is 4.00. The molecule has 0 saturated heterocycles. The summed E-state index contributed by atoms with van der Waals surface area (Å²) in [7, 11) is 2.08. The van der Waals surface area contributed by atoms with Crippen LogP contribution in [-0.4, -0.2) is 42.4 Å². The molecule has 0 radical (unpaired) electrons. The Kier molecular flexibility index (Phi) is 3.93. The van der Waals surface area contributed by atoms with Gasteiger partial charge in [-0.2, -0.15) is 0 Å². The van der Waals surface area contributed by atoms with Gasteiger partial charge < -0.3 is 9.84 Å². The van der Waals surface area contributed by atoms with E-state index in [1.807, 2.05) is 12.1 Å². The number of hydrogen-bond donors (Lipinski definition) is 1. The zero-order valence-corrected chi connectivity index (χ0v) is 11.5. The molecule has 1 heterocycles. The van der Waals surface area contributed by atoms with E-state index in [2.05, 4.69) is 37.9 Å². The summed E-state index contributed by atoms with van der Waals surface area (Å²) in [5, 5.41) is 9.42. The molecule has 0 amide bonds. The minimum absolute atomic E-state index is 0.173. The first-order chi connectivity index (χ1) is 8.54. The number of benzene rings is 1. The minimum atomic E-state index is -0.173. The van der Waals surface area contributed by atoms with Crippen molar-refractivity contribution in [2.24, 2.45) is 0 Å². The molecule has 1 aliphatic rings. The van der Waals surface area contributed by atoms with Crippen molar-refractivity contribution >= 4 is 0 Å². The zero-order valence-electron chi connectivity index (χ0n) is 11.5. The van der Waals surface area contributed by atoms with Gasteiger partial charge in [0.25, 0.3) is 0 Å². The van der Waals surface area contributed by atoms with Crippen molar-refractivity contribution in [2.45, 2.75) is 31.7 Å². The Labute approximate surface area is 109 Å². The van der Waals surface area contributed by atoms with Crippen LogP contribution < -0.4 is 4.74 Å². The molecule has 1 N–H and O–H groups in total. The Morgan fingerprint density at radius 3 is 2.83 bits per heavy atom. The molecule has 1 atom stereocenters. The first-order valence-electron chi connectivity index (χ1n) is 6.58. The summed E-state index contributed by atoms with van der Waals surface area (Å²) in [6.07, 6.45) is 1.04. The fourth-order valence-corrected chi connectivity index (χ4v) is 2.30. The van der Waals surface area contributed by atoms with Gasteiger partial charge in [-0.15, -0.1) is 0 Å². The molecule has 0 fully saturated rings. The normalized spacial score (nSPS) is 19.5. The van der Waals surface area contributed by atoms with Crippen LogP contribution in [0.5, 0.6) is 5.75 Å². The van der Waals surface area contributed by atoms with Gasteiger partial charge >= 0.3 is 0 Å². The van der Waals surface area contributed by atoms with E-state index in [0.717, 1.165) is 25.3 Å². The SMILES string of the molecule is CN(CC1CCOc2ccccc21)C(C)(C)CO. The highest BCUT2D eigenvalue weighted by molar-refractivity contribution is 5.37. The van der Waals surface area contributed by atoms with E-state index in [0.29, 0.717) is 5.92 Å². The van der Waals surface area contributed by atoms with Crippen molar-refractivity contribution in [1.29, 1.82) is 0 Å². The van der Waals surface area contributed by atoms with Gasteiger partial charge in [0, 0.05) is 18.0 Å². The standard InChI is InChI=1S/C15H23NO2/c1-15(2,11-17)16(3)10-12-8-9-18-14-7-5-4-6-13(12)14/h4-7,12,17H,8-11H2,1-3H3. The maximum absolute atomic E-state index is 9.42. The van der Waals surface area contributed by atoms with Gasteiger partial charge in [-0.3, -0.25) is 4.90 Å². The molecular formula is C15H23NO2. The van der Waals surface area contributed by atoms with Crippen molar-refractivity contribution in [3.05, 3.63) is 29.8 Å². The minimum Gasteiger partial charge on any atom is -0.493 e. The maximum atomic E-state index is 9.42. The van der Waals surface area contributed by atoms with Crippen molar-refractivity contribution in [3.63, 3.8) is 0 Å². The van der Waals surface area contributed by atoms with Gasteiger partial charge in [-0.1, -0.05) is 18.2 Å². The molecular weight excluding hydrogens is 226 g/mol. The summed E-state index contributed by atoms with van der Waals surface area (Å²) >= 11 is 0. The van der Waals surface area contributed by atoms with Gasteiger partial charge in [-0.05, 0) is 38.9 Å². The van der Waals surface area contributed by atoms with E-state index in [-0.39, 0.29) is 12.1 Å². The summed E-state index contributed by atoms with van der Waals surface area (Å²) in [6, 6.07) is 8.28. The van der Waals surface area contributed by atoms with E-state index in [1.54, 1.807) is 0 Å². The van der Waals surface area contributed by atoms with E-state index in [4.69, 9.17) is 4.74 Å². The predicted octanol–water partition coefficient (Wildman–Crippen LogP) is 2.26. The molecule has 0 spiro atoms. The Balaban J connectivity index is 2.12. The van der Waals surface area contributed by atoms with Crippen LogP contribution in [-0.2, 0) is 0 Å². The van der Waals surface area contributed by atoms with E-state index in [9.17, 15) is 5.11 Å². The zero-order chi connectivity index (χ0) is 13.2. The average Bonchev–Trinajstić information content (AvgIpc) is 2.39. The lowest BCUT2D eigenvalue weighted by Gasteiger charge is -2.37. The van der Waals surface area contributed by atoms with Crippen molar-refractivity contribution in [2.75, 3.05) is 26.8 Å². The van der Waals surface area contributed by atoms with Crippen LogP contribution in [0.2, 0.25) is 0 Å².